The van der Waals surface area contributed by atoms with Crippen LogP contribution in [0.25, 0.3) is 26.5 Å². The van der Waals surface area contributed by atoms with Gasteiger partial charge in [-0.2, -0.15) is 5.10 Å². The van der Waals surface area contributed by atoms with Crippen molar-refractivity contribution in [2.75, 3.05) is 11.1 Å². The average Bonchev–Trinajstić information content (AvgIpc) is 3.35. The van der Waals surface area contributed by atoms with Crippen molar-refractivity contribution in [2.45, 2.75) is 0 Å². The van der Waals surface area contributed by atoms with Gasteiger partial charge in [0.05, 0.1) is 21.5 Å². The van der Waals surface area contributed by atoms with E-state index in [1.807, 2.05) is 84.9 Å². The molecule has 2 aromatic heterocycles. The third-order valence-corrected chi connectivity index (χ3v) is 5.73. The van der Waals surface area contributed by atoms with Crippen molar-refractivity contribution in [1.82, 2.24) is 14.8 Å². The zero-order chi connectivity index (χ0) is 20.5. The van der Waals surface area contributed by atoms with Gasteiger partial charge in [0, 0.05) is 5.69 Å². The van der Waals surface area contributed by atoms with E-state index in [1.165, 1.54) is 11.3 Å². The van der Waals surface area contributed by atoms with Gasteiger partial charge in [-0.05, 0) is 36.4 Å². The summed E-state index contributed by atoms with van der Waals surface area (Å²) in [5, 5.41) is 8.13. The number of amides is 1. The number of benzene rings is 3. The van der Waals surface area contributed by atoms with Gasteiger partial charge in [-0.25, -0.2) is 9.67 Å². The number of carbonyl (C=O) groups excluding carboxylic acids is 1. The predicted molar refractivity (Wildman–Crippen MR) is 121 cm³/mol. The van der Waals surface area contributed by atoms with Gasteiger partial charge >= 0.3 is 0 Å². The van der Waals surface area contributed by atoms with E-state index in [0.717, 1.165) is 15.9 Å². The van der Waals surface area contributed by atoms with E-state index in [-0.39, 0.29) is 11.6 Å². The van der Waals surface area contributed by atoms with E-state index in [4.69, 9.17) is 10.7 Å². The van der Waals surface area contributed by atoms with Crippen molar-refractivity contribution in [3.8, 4) is 16.3 Å². The summed E-state index contributed by atoms with van der Waals surface area (Å²) in [4.78, 5) is 17.9. The van der Waals surface area contributed by atoms with Crippen LogP contribution in [-0.4, -0.2) is 20.7 Å². The number of nitrogens with zero attached hydrogens (tertiary/aromatic N) is 3. The Balaban J connectivity index is 1.67. The van der Waals surface area contributed by atoms with Gasteiger partial charge in [0.15, 0.2) is 5.69 Å². The molecular weight excluding hydrogens is 394 g/mol. The van der Waals surface area contributed by atoms with Gasteiger partial charge in [0.2, 0.25) is 0 Å². The molecule has 0 spiro atoms. The third-order valence-electron chi connectivity index (χ3n) is 4.68. The Morgan fingerprint density at radius 1 is 0.900 bits per heavy atom. The van der Waals surface area contributed by atoms with Crippen molar-refractivity contribution in [3.05, 3.63) is 90.6 Å². The molecule has 0 bridgehead atoms. The van der Waals surface area contributed by atoms with E-state index in [1.54, 1.807) is 4.68 Å². The predicted octanol–water partition coefficient (Wildman–Crippen LogP) is 4.98. The largest absolute Gasteiger partial charge is 0.383 e. The van der Waals surface area contributed by atoms with E-state index >= 15 is 0 Å². The summed E-state index contributed by atoms with van der Waals surface area (Å²) in [5.74, 6) is 0.0373. The minimum Gasteiger partial charge on any atom is -0.383 e. The average molecular weight is 411 g/mol. The maximum atomic E-state index is 13.2. The van der Waals surface area contributed by atoms with E-state index in [2.05, 4.69) is 10.4 Å². The second kappa shape index (κ2) is 7.46. The molecule has 0 atom stereocenters. The van der Waals surface area contributed by atoms with Gasteiger partial charge < -0.3 is 11.1 Å². The fraction of sp³-hybridized carbons (Fsp3) is 0. The molecule has 6 nitrogen and oxygen atoms in total. The Morgan fingerprint density at radius 3 is 2.30 bits per heavy atom. The van der Waals surface area contributed by atoms with Crippen LogP contribution < -0.4 is 11.1 Å². The number of hydrogen-bond donors (Lipinski definition) is 2. The second-order valence-corrected chi connectivity index (χ2v) is 7.69. The van der Waals surface area contributed by atoms with Crippen LogP contribution in [-0.2, 0) is 0 Å². The number of para-hydroxylation sites is 3. The van der Waals surface area contributed by atoms with E-state index in [0.29, 0.717) is 22.1 Å². The summed E-state index contributed by atoms with van der Waals surface area (Å²) in [5.41, 5.74) is 9.60. The standard InChI is InChI=1S/C23H17N5OS/c24-21-19(23-26-17-13-7-8-14-18(17)30-23)20(22(29)25-15-9-3-1-4-10-15)27-28(21)16-11-5-2-6-12-16/h1-14H,24H2,(H,25,29). The van der Waals surface area contributed by atoms with Crippen molar-refractivity contribution in [1.29, 1.82) is 0 Å². The SMILES string of the molecule is Nc1c(-c2nc3ccccc3s2)c(C(=O)Nc2ccccc2)nn1-c1ccccc1. The zero-order valence-corrected chi connectivity index (χ0v) is 16.6. The van der Waals surface area contributed by atoms with Crippen LogP contribution in [0.5, 0.6) is 0 Å². The molecule has 3 N–H and O–H groups in total. The fourth-order valence-electron chi connectivity index (χ4n) is 3.26. The number of hydrogen-bond acceptors (Lipinski definition) is 5. The van der Waals surface area contributed by atoms with Crippen molar-refractivity contribution in [2.24, 2.45) is 0 Å². The number of nitrogens with two attached hydrogens (primary N) is 1. The number of carbonyl (C=O) groups is 1. The molecule has 0 aliphatic carbocycles. The highest BCUT2D eigenvalue weighted by molar-refractivity contribution is 7.21. The second-order valence-electron chi connectivity index (χ2n) is 6.66. The molecule has 7 heteroatoms. The molecule has 30 heavy (non-hydrogen) atoms. The lowest BCUT2D eigenvalue weighted by Gasteiger charge is -2.04. The van der Waals surface area contributed by atoms with Crippen molar-refractivity contribution < 1.29 is 4.79 Å². The monoisotopic (exact) mass is 411 g/mol. The topological polar surface area (TPSA) is 85.8 Å². The van der Waals surface area contributed by atoms with Gasteiger partial charge in [-0.1, -0.05) is 48.5 Å². The summed E-state index contributed by atoms with van der Waals surface area (Å²) in [7, 11) is 0. The minimum atomic E-state index is -0.336. The Labute approximate surface area is 176 Å². The van der Waals surface area contributed by atoms with E-state index < -0.39 is 0 Å². The Hall–Kier alpha value is -3.97. The molecule has 0 saturated carbocycles. The van der Waals surface area contributed by atoms with Gasteiger partial charge in [-0.15, -0.1) is 11.3 Å². The summed E-state index contributed by atoms with van der Waals surface area (Å²) < 4.78 is 2.61. The molecule has 0 saturated heterocycles. The van der Waals surface area contributed by atoms with Crippen LogP contribution in [0.3, 0.4) is 0 Å². The first kappa shape index (κ1) is 18.1. The molecular formula is C23H17N5OS. The lowest BCUT2D eigenvalue weighted by atomic mass is 10.2. The molecule has 2 heterocycles. The minimum absolute atomic E-state index is 0.235. The van der Waals surface area contributed by atoms with Gasteiger partial charge in [-0.3, -0.25) is 4.79 Å². The molecule has 0 aliphatic rings. The molecule has 146 valence electrons. The summed E-state index contributed by atoms with van der Waals surface area (Å²) in [6, 6.07) is 26.6. The molecule has 3 aromatic carbocycles. The summed E-state index contributed by atoms with van der Waals surface area (Å²) >= 11 is 1.49. The number of thiazole rings is 1. The maximum absolute atomic E-state index is 13.2. The lowest BCUT2D eigenvalue weighted by molar-refractivity contribution is 0.102. The summed E-state index contributed by atoms with van der Waals surface area (Å²) in [6.07, 6.45) is 0. The maximum Gasteiger partial charge on any atom is 0.277 e. The van der Waals surface area contributed by atoms with Crippen LogP contribution in [0, 0.1) is 0 Å². The number of rotatable bonds is 4. The lowest BCUT2D eigenvalue weighted by Crippen LogP contribution is -2.14. The molecule has 5 aromatic rings. The number of nitrogens with one attached hydrogen (secondary N) is 1. The highest BCUT2D eigenvalue weighted by Crippen LogP contribution is 2.37. The van der Waals surface area contributed by atoms with Crippen molar-refractivity contribution >= 4 is 39.0 Å². The Morgan fingerprint density at radius 2 is 1.57 bits per heavy atom. The van der Waals surface area contributed by atoms with Gasteiger partial charge in [0.25, 0.3) is 5.91 Å². The number of fused-ring (bicyclic) bond motifs is 1. The molecule has 0 aliphatic heterocycles. The smallest absolute Gasteiger partial charge is 0.277 e. The summed E-state index contributed by atoms with van der Waals surface area (Å²) in [6.45, 7) is 0. The first-order chi connectivity index (χ1) is 14.7. The Bertz CT molecular complexity index is 1310. The number of anilines is 2. The zero-order valence-electron chi connectivity index (χ0n) is 15.8. The van der Waals surface area contributed by atoms with Crippen LogP contribution in [0.1, 0.15) is 10.5 Å². The molecule has 0 radical (unpaired) electrons. The van der Waals surface area contributed by atoms with Crippen LogP contribution >= 0.6 is 11.3 Å². The van der Waals surface area contributed by atoms with Gasteiger partial charge in [0.1, 0.15) is 10.8 Å². The number of nitrogen functional groups attached to an aromatic ring is 1. The van der Waals surface area contributed by atoms with Crippen molar-refractivity contribution in [3.63, 3.8) is 0 Å². The fourth-order valence-corrected chi connectivity index (χ4v) is 4.28. The highest BCUT2D eigenvalue weighted by atomic mass is 32.1. The molecule has 0 unspecified atom stereocenters. The quantitative estimate of drug-likeness (QED) is 0.437. The van der Waals surface area contributed by atoms with Crippen LogP contribution in [0.2, 0.25) is 0 Å². The molecule has 1 amide bonds. The van der Waals surface area contributed by atoms with E-state index in [9.17, 15) is 4.79 Å². The first-order valence-corrected chi connectivity index (χ1v) is 10.2. The first-order valence-electron chi connectivity index (χ1n) is 9.37. The van der Waals surface area contributed by atoms with Crippen LogP contribution in [0.4, 0.5) is 11.5 Å². The molecule has 5 rings (SSSR count). The number of aromatic nitrogens is 3. The Kier molecular flexibility index (Phi) is 4.49. The normalized spacial score (nSPS) is 10.9. The van der Waals surface area contributed by atoms with Crippen LogP contribution in [0.15, 0.2) is 84.9 Å². The highest BCUT2D eigenvalue weighted by Gasteiger charge is 2.26. The third kappa shape index (κ3) is 3.21. The molecule has 0 fully saturated rings.